The molecular weight excluding hydrogens is 246 g/mol. The molecule has 20 heavy (non-hydrogen) atoms. The van der Waals surface area contributed by atoms with Gasteiger partial charge in [-0.3, -0.25) is 4.79 Å². The Hall–Kier alpha value is -1.57. The second kappa shape index (κ2) is 5.08. The summed E-state index contributed by atoms with van der Waals surface area (Å²) in [5.74, 6) is 1.26. The molecule has 0 radical (unpaired) electrons. The molecule has 1 aromatic heterocycles. The summed E-state index contributed by atoms with van der Waals surface area (Å²) in [5.41, 5.74) is 3.99. The molecule has 1 unspecified atom stereocenters. The van der Waals surface area contributed by atoms with E-state index in [1.165, 1.54) is 22.0 Å². The molecule has 0 aliphatic heterocycles. The van der Waals surface area contributed by atoms with Crippen molar-refractivity contribution in [3.8, 4) is 0 Å². The van der Waals surface area contributed by atoms with Crippen LogP contribution in [0.5, 0.6) is 0 Å². The van der Waals surface area contributed by atoms with Gasteiger partial charge in [-0.15, -0.1) is 0 Å². The Bertz CT molecular complexity index is 651. The van der Waals surface area contributed by atoms with Gasteiger partial charge < -0.3 is 4.57 Å². The fourth-order valence-electron chi connectivity index (χ4n) is 3.38. The summed E-state index contributed by atoms with van der Waals surface area (Å²) in [5, 5.41) is 1.33. The van der Waals surface area contributed by atoms with Gasteiger partial charge in [0, 0.05) is 36.5 Å². The summed E-state index contributed by atoms with van der Waals surface area (Å²) in [7, 11) is 2.09. The van der Waals surface area contributed by atoms with Gasteiger partial charge in [-0.2, -0.15) is 0 Å². The first-order chi connectivity index (χ1) is 9.56. The van der Waals surface area contributed by atoms with Crippen LogP contribution in [0.25, 0.3) is 10.9 Å². The molecule has 1 heterocycles. The van der Waals surface area contributed by atoms with Crippen molar-refractivity contribution in [2.75, 3.05) is 0 Å². The summed E-state index contributed by atoms with van der Waals surface area (Å²) in [6, 6.07) is 6.75. The summed E-state index contributed by atoms with van der Waals surface area (Å²) in [6.45, 7) is 4.45. The van der Waals surface area contributed by atoms with Crippen LogP contribution >= 0.6 is 0 Å². The van der Waals surface area contributed by atoms with Gasteiger partial charge in [-0.25, -0.2) is 0 Å². The minimum Gasteiger partial charge on any atom is -0.350 e. The first kappa shape index (κ1) is 13.4. The highest BCUT2D eigenvalue weighted by Gasteiger charge is 2.25. The highest BCUT2D eigenvalue weighted by molar-refractivity contribution is 5.87. The smallest absolute Gasteiger partial charge is 0.136 e. The third-order valence-electron chi connectivity index (χ3n) is 4.66. The van der Waals surface area contributed by atoms with Crippen molar-refractivity contribution >= 4 is 16.7 Å². The van der Waals surface area contributed by atoms with Crippen LogP contribution in [-0.2, 0) is 18.3 Å². The van der Waals surface area contributed by atoms with Crippen LogP contribution in [0, 0.1) is 5.92 Å². The van der Waals surface area contributed by atoms with Crippen molar-refractivity contribution in [3.63, 3.8) is 0 Å². The molecular formula is C18H23NO. The molecule has 1 aliphatic carbocycles. The maximum absolute atomic E-state index is 11.9. The predicted molar refractivity (Wildman–Crippen MR) is 83.1 cm³/mol. The topological polar surface area (TPSA) is 22.0 Å². The number of fused-ring (bicyclic) bond motifs is 1. The third-order valence-corrected chi connectivity index (χ3v) is 4.66. The van der Waals surface area contributed by atoms with E-state index in [0.717, 1.165) is 25.7 Å². The van der Waals surface area contributed by atoms with Gasteiger partial charge in [0.2, 0.25) is 0 Å². The van der Waals surface area contributed by atoms with Gasteiger partial charge in [0.1, 0.15) is 5.78 Å². The lowest BCUT2D eigenvalue weighted by molar-refractivity contribution is -0.120. The Morgan fingerprint density at radius 1 is 1.35 bits per heavy atom. The van der Waals surface area contributed by atoms with E-state index in [4.69, 9.17) is 0 Å². The first-order valence-corrected chi connectivity index (χ1v) is 7.67. The lowest BCUT2D eigenvalue weighted by atomic mass is 9.95. The Labute approximate surface area is 120 Å². The number of rotatable bonds is 3. The predicted octanol–water partition coefficient (Wildman–Crippen LogP) is 4.21. The molecule has 0 N–H and O–H groups in total. The number of benzene rings is 1. The fourth-order valence-corrected chi connectivity index (χ4v) is 3.38. The first-order valence-electron chi connectivity index (χ1n) is 7.67. The van der Waals surface area contributed by atoms with Gasteiger partial charge in [-0.05, 0) is 48.4 Å². The molecule has 3 rings (SSSR count). The van der Waals surface area contributed by atoms with Gasteiger partial charge in [0.05, 0.1) is 0 Å². The molecule has 1 aromatic carbocycles. The second-order valence-electron chi connectivity index (χ2n) is 6.46. The molecule has 1 aliphatic rings. The quantitative estimate of drug-likeness (QED) is 0.818. The lowest BCUT2D eigenvalue weighted by Crippen LogP contribution is -2.09. The van der Waals surface area contributed by atoms with Gasteiger partial charge in [0.15, 0.2) is 0 Å². The van der Waals surface area contributed by atoms with Gasteiger partial charge >= 0.3 is 0 Å². The Kier molecular flexibility index (Phi) is 3.41. The Morgan fingerprint density at radius 2 is 2.15 bits per heavy atom. The van der Waals surface area contributed by atoms with E-state index in [9.17, 15) is 4.79 Å². The van der Waals surface area contributed by atoms with Crippen molar-refractivity contribution in [2.45, 2.75) is 45.4 Å². The zero-order valence-corrected chi connectivity index (χ0v) is 12.6. The minimum atomic E-state index is 0.253. The van der Waals surface area contributed by atoms with E-state index in [1.807, 2.05) is 0 Å². The van der Waals surface area contributed by atoms with Crippen molar-refractivity contribution in [1.82, 2.24) is 4.57 Å². The average molecular weight is 269 g/mol. The number of Topliss-reactive ketones (excluding diaryl/α,β-unsaturated/α-hetero) is 1. The summed E-state index contributed by atoms with van der Waals surface area (Å²) >= 11 is 0. The third kappa shape index (κ3) is 2.28. The fraction of sp³-hybridized carbons (Fsp3) is 0.500. The van der Waals surface area contributed by atoms with Crippen LogP contribution in [-0.4, -0.2) is 10.4 Å². The molecule has 0 bridgehead atoms. The number of carbonyl (C=O) groups excluding carboxylic acids is 1. The number of carbonyl (C=O) groups is 1. The molecule has 106 valence electrons. The lowest BCUT2D eigenvalue weighted by Gasteiger charge is -2.08. The number of ketones is 1. The van der Waals surface area contributed by atoms with E-state index in [-0.39, 0.29) is 5.92 Å². The highest BCUT2D eigenvalue weighted by atomic mass is 16.1. The van der Waals surface area contributed by atoms with E-state index in [2.05, 4.69) is 49.9 Å². The maximum atomic E-state index is 11.9. The van der Waals surface area contributed by atoms with Crippen LogP contribution in [0.4, 0.5) is 0 Å². The number of aryl methyl sites for hydroxylation is 1. The van der Waals surface area contributed by atoms with Gasteiger partial charge in [-0.1, -0.05) is 19.9 Å². The van der Waals surface area contributed by atoms with Crippen molar-refractivity contribution in [2.24, 2.45) is 13.0 Å². The molecule has 0 amide bonds. The second-order valence-corrected chi connectivity index (χ2v) is 6.46. The maximum Gasteiger partial charge on any atom is 0.136 e. The Morgan fingerprint density at radius 3 is 2.80 bits per heavy atom. The number of aromatic nitrogens is 1. The van der Waals surface area contributed by atoms with E-state index in [0.29, 0.717) is 11.7 Å². The minimum absolute atomic E-state index is 0.253. The number of hydrogen-bond acceptors (Lipinski definition) is 1. The van der Waals surface area contributed by atoms with Crippen molar-refractivity contribution in [3.05, 3.63) is 35.5 Å². The molecule has 1 atom stereocenters. The zero-order valence-electron chi connectivity index (χ0n) is 12.6. The van der Waals surface area contributed by atoms with E-state index >= 15 is 0 Å². The SMILES string of the molecule is CC(C)c1ccc2c(c1)c(CC1CCCC1=O)cn2C. The van der Waals surface area contributed by atoms with Crippen LogP contribution in [0.3, 0.4) is 0 Å². The van der Waals surface area contributed by atoms with E-state index in [1.54, 1.807) is 0 Å². The monoisotopic (exact) mass is 269 g/mol. The molecule has 1 fully saturated rings. The molecule has 1 saturated carbocycles. The van der Waals surface area contributed by atoms with Gasteiger partial charge in [0.25, 0.3) is 0 Å². The average Bonchev–Trinajstić information content (AvgIpc) is 2.95. The van der Waals surface area contributed by atoms with Crippen LogP contribution < -0.4 is 0 Å². The Balaban J connectivity index is 2.01. The largest absolute Gasteiger partial charge is 0.350 e. The highest BCUT2D eigenvalue weighted by Crippen LogP contribution is 2.30. The van der Waals surface area contributed by atoms with E-state index < -0.39 is 0 Å². The van der Waals surface area contributed by atoms with Crippen molar-refractivity contribution in [1.29, 1.82) is 0 Å². The molecule has 2 aromatic rings. The summed E-state index contributed by atoms with van der Waals surface area (Å²) in [6.07, 6.45) is 6.05. The number of nitrogens with zero attached hydrogens (tertiary/aromatic N) is 1. The summed E-state index contributed by atoms with van der Waals surface area (Å²) in [4.78, 5) is 11.9. The molecule has 0 spiro atoms. The standard InChI is InChI=1S/C18H23NO/c1-12(2)13-7-8-17-16(10-13)15(11-19(17)3)9-14-5-4-6-18(14)20/h7-8,10-12,14H,4-6,9H2,1-3H3. The molecule has 2 heteroatoms. The van der Waals surface area contributed by atoms with Crippen LogP contribution in [0.2, 0.25) is 0 Å². The normalized spacial score (nSPS) is 19.4. The van der Waals surface area contributed by atoms with Crippen LogP contribution in [0.1, 0.15) is 50.2 Å². The number of hydrogen-bond donors (Lipinski definition) is 0. The molecule has 0 saturated heterocycles. The zero-order chi connectivity index (χ0) is 14.3. The summed E-state index contributed by atoms with van der Waals surface area (Å²) < 4.78 is 2.19. The molecule has 2 nitrogen and oxygen atoms in total. The van der Waals surface area contributed by atoms with Crippen LogP contribution in [0.15, 0.2) is 24.4 Å². The van der Waals surface area contributed by atoms with Crippen molar-refractivity contribution < 1.29 is 4.79 Å².